The number of nitrogens with one attached hydrogen (secondary N) is 2. The van der Waals surface area contributed by atoms with Crippen LogP contribution in [0.4, 0.5) is 10.5 Å². The van der Waals surface area contributed by atoms with Gasteiger partial charge in [-0.15, -0.1) is 0 Å². The maximum atomic E-state index is 12.4. The summed E-state index contributed by atoms with van der Waals surface area (Å²) in [5.74, 6) is 0.543. The van der Waals surface area contributed by atoms with Crippen molar-refractivity contribution in [3.63, 3.8) is 0 Å². The van der Waals surface area contributed by atoms with Crippen LogP contribution in [0, 0.1) is 0 Å². The topological polar surface area (TPSA) is 109 Å². The molecule has 3 amide bonds. The number of hydrogen-bond acceptors (Lipinski definition) is 5. The lowest BCUT2D eigenvalue weighted by atomic mass is 9.99. The summed E-state index contributed by atoms with van der Waals surface area (Å²) in [6.45, 7) is 2.38. The number of aryl methyl sites for hydroxylation is 1. The second-order valence-electron chi connectivity index (χ2n) is 6.56. The maximum absolute atomic E-state index is 12.4. The van der Waals surface area contributed by atoms with Crippen molar-refractivity contribution in [3.05, 3.63) is 48.0 Å². The summed E-state index contributed by atoms with van der Waals surface area (Å²) >= 11 is 0. The Morgan fingerprint density at radius 1 is 1.36 bits per heavy atom. The third-order valence-electron chi connectivity index (χ3n) is 4.71. The highest BCUT2D eigenvalue weighted by Crippen LogP contribution is 2.30. The van der Waals surface area contributed by atoms with Gasteiger partial charge in [0.05, 0.1) is 19.2 Å². The van der Waals surface area contributed by atoms with Crippen molar-refractivity contribution < 1.29 is 19.4 Å². The molecule has 0 unspecified atom stereocenters. The van der Waals surface area contributed by atoms with Crippen LogP contribution in [0.25, 0.3) is 0 Å². The highest BCUT2D eigenvalue weighted by atomic mass is 16.5. The van der Waals surface area contributed by atoms with Gasteiger partial charge in [-0.1, -0.05) is 12.1 Å². The van der Waals surface area contributed by atoms with Gasteiger partial charge in [0.2, 0.25) is 5.91 Å². The third kappa shape index (κ3) is 4.32. The van der Waals surface area contributed by atoms with Crippen molar-refractivity contribution in [2.24, 2.45) is 7.05 Å². The highest BCUT2D eigenvalue weighted by molar-refractivity contribution is 5.89. The highest BCUT2D eigenvalue weighted by Gasteiger charge is 2.37. The number of carbonyl (C=O) groups excluding carboxylic acids is 2. The van der Waals surface area contributed by atoms with Crippen LogP contribution in [0.2, 0.25) is 0 Å². The summed E-state index contributed by atoms with van der Waals surface area (Å²) in [5, 5.41) is 15.4. The predicted molar refractivity (Wildman–Crippen MR) is 102 cm³/mol. The molecule has 2 aromatic rings. The quantitative estimate of drug-likeness (QED) is 0.686. The Morgan fingerprint density at radius 2 is 2.11 bits per heavy atom. The van der Waals surface area contributed by atoms with E-state index in [9.17, 15) is 14.7 Å². The number of hydrogen-bond donors (Lipinski definition) is 3. The van der Waals surface area contributed by atoms with Gasteiger partial charge in [-0.3, -0.25) is 4.79 Å². The number of amides is 3. The van der Waals surface area contributed by atoms with Crippen LogP contribution in [0.15, 0.2) is 36.7 Å². The maximum Gasteiger partial charge on any atom is 0.319 e. The van der Waals surface area contributed by atoms with Crippen molar-refractivity contribution in [1.29, 1.82) is 0 Å². The summed E-state index contributed by atoms with van der Waals surface area (Å²) in [7, 11) is 1.86. The van der Waals surface area contributed by atoms with Crippen LogP contribution in [0.1, 0.15) is 24.4 Å². The van der Waals surface area contributed by atoms with Crippen molar-refractivity contribution >= 4 is 17.6 Å². The van der Waals surface area contributed by atoms with E-state index in [1.165, 1.54) is 0 Å². The fourth-order valence-corrected chi connectivity index (χ4v) is 3.21. The summed E-state index contributed by atoms with van der Waals surface area (Å²) < 4.78 is 7.58. The number of nitrogens with zero attached hydrogens (tertiary/aromatic N) is 3. The molecule has 0 aliphatic carbocycles. The predicted octanol–water partition coefficient (Wildman–Crippen LogP) is 1.02. The number of imidazole rings is 1. The van der Waals surface area contributed by atoms with Crippen molar-refractivity contribution in [2.45, 2.75) is 25.6 Å². The van der Waals surface area contributed by atoms with Gasteiger partial charge in [-0.25, -0.2) is 9.78 Å². The van der Waals surface area contributed by atoms with Crippen LogP contribution in [0.5, 0.6) is 0 Å². The molecule has 28 heavy (non-hydrogen) atoms. The first-order valence-corrected chi connectivity index (χ1v) is 9.16. The van der Waals surface area contributed by atoms with Crippen LogP contribution in [-0.2, 0) is 23.1 Å². The molecule has 0 bridgehead atoms. The molecule has 0 saturated carbocycles. The van der Waals surface area contributed by atoms with Crippen molar-refractivity contribution in [3.8, 4) is 0 Å². The largest absolute Gasteiger partial charge is 0.394 e. The lowest BCUT2D eigenvalue weighted by Gasteiger charge is -2.40. The van der Waals surface area contributed by atoms with Crippen LogP contribution < -0.4 is 10.6 Å². The van der Waals surface area contributed by atoms with E-state index in [0.29, 0.717) is 18.8 Å². The minimum atomic E-state index is -0.528. The summed E-state index contributed by atoms with van der Waals surface area (Å²) in [5.41, 5.74) is 1.46. The van der Waals surface area contributed by atoms with E-state index in [1.807, 2.05) is 36.9 Å². The van der Waals surface area contributed by atoms with Gasteiger partial charge in [0.25, 0.3) is 0 Å². The Bertz CT molecular complexity index is 820. The minimum absolute atomic E-state index is 0.0650. The molecule has 1 aliphatic heterocycles. The van der Waals surface area contributed by atoms with Gasteiger partial charge in [0, 0.05) is 31.7 Å². The van der Waals surface area contributed by atoms with E-state index >= 15 is 0 Å². The molecule has 150 valence electrons. The number of benzene rings is 1. The Kier molecular flexibility index (Phi) is 6.27. The number of aliphatic hydroxyl groups excluding tert-OH is 1. The third-order valence-corrected chi connectivity index (χ3v) is 4.71. The summed E-state index contributed by atoms with van der Waals surface area (Å²) in [4.78, 5) is 29.9. The number of carbonyl (C=O) groups is 2. The van der Waals surface area contributed by atoms with Crippen LogP contribution in [0.3, 0.4) is 0 Å². The zero-order valence-electron chi connectivity index (χ0n) is 16.0. The zero-order valence-corrected chi connectivity index (χ0v) is 16.0. The fraction of sp³-hybridized carbons (Fsp3) is 0.421. The first kappa shape index (κ1) is 19.8. The molecule has 2 heterocycles. The molecule has 1 aromatic carbocycles. The first-order valence-electron chi connectivity index (χ1n) is 9.16. The standard InChI is InChI=1S/C19H25N5O4/c1-3-20-19(27)22-14-6-4-13(5-7-14)18-15(11-25)24(17(26)12-28-18)10-16-21-8-9-23(16)2/h4-9,15,18,25H,3,10-12H2,1-2H3,(H2,20,22,27)/t15-,18-/m1/s1. The zero-order chi connectivity index (χ0) is 20.1. The van der Waals surface area contributed by atoms with Gasteiger partial charge in [0.1, 0.15) is 18.5 Å². The van der Waals surface area contributed by atoms with E-state index in [4.69, 9.17) is 4.74 Å². The van der Waals surface area contributed by atoms with E-state index in [1.54, 1.807) is 23.2 Å². The Morgan fingerprint density at radius 3 is 2.71 bits per heavy atom. The second kappa shape index (κ2) is 8.85. The molecule has 3 rings (SSSR count). The van der Waals surface area contributed by atoms with Crippen molar-refractivity contribution in [1.82, 2.24) is 19.8 Å². The second-order valence-corrected chi connectivity index (χ2v) is 6.56. The molecular formula is C19H25N5O4. The molecule has 1 aromatic heterocycles. The van der Waals surface area contributed by atoms with E-state index in [-0.39, 0.29) is 25.2 Å². The fourth-order valence-electron chi connectivity index (χ4n) is 3.21. The number of rotatable bonds is 6. The average molecular weight is 387 g/mol. The first-order chi connectivity index (χ1) is 13.5. The number of morpholine rings is 1. The van der Waals surface area contributed by atoms with E-state index in [2.05, 4.69) is 15.6 Å². The number of urea groups is 1. The van der Waals surface area contributed by atoms with Gasteiger partial charge >= 0.3 is 6.03 Å². The molecule has 0 radical (unpaired) electrons. The van der Waals surface area contributed by atoms with Gasteiger partial charge in [-0.05, 0) is 24.6 Å². The molecule has 1 fully saturated rings. The molecule has 9 heteroatoms. The van der Waals surface area contributed by atoms with Crippen molar-refractivity contribution in [2.75, 3.05) is 25.1 Å². The van der Waals surface area contributed by atoms with Gasteiger partial charge in [-0.2, -0.15) is 0 Å². The molecule has 9 nitrogen and oxygen atoms in total. The lowest BCUT2D eigenvalue weighted by Crippen LogP contribution is -2.52. The monoisotopic (exact) mass is 387 g/mol. The summed E-state index contributed by atoms with van der Waals surface area (Å²) in [6, 6.07) is 6.38. The molecule has 2 atom stereocenters. The average Bonchev–Trinajstić information content (AvgIpc) is 3.09. The van der Waals surface area contributed by atoms with E-state index < -0.39 is 12.1 Å². The molecule has 0 spiro atoms. The van der Waals surface area contributed by atoms with E-state index in [0.717, 1.165) is 11.4 Å². The lowest BCUT2D eigenvalue weighted by molar-refractivity contribution is -0.162. The Hall–Kier alpha value is -2.91. The molecule has 3 N–H and O–H groups in total. The number of aliphatic hydroxyl groups is 1. The Balaban J connectivity index is 1.76. The Labute approximate surface area is 163 Å². The van der Waals surface area contributed by atoms with Crippen LogP contribution in [-0.4, -0.2) is 57.3 Å². The SMILES string of the molecule is CCNC(=O)Nc1ccc([C@H]2OCC(=O)N(Cc3nccn3C)[C@@H]2CO)cc1. The van der Waals surface area contributed by atoms with Crippen LogP contribution >= 0.6 is 0 Å². The number of aromatic nitrogens is 2. The van der Waals surface area contributed by atoms with Gasteiger partial charge in [0.15, 0.2) is 0 Å². The minimum Gasteiger partial charge on any atom is -0.394 e. The smallest absolute Gasteiger partial charge is 0.319 e. The normalized spacial score (nSPS) is 19.5. The summed E-state index contributed by atoms with van der Waals surface area (Å²) in [6.07, 6.45) is 3.01. The number of anilines is 1. The molecular weight excluding hydrogens is 362 g/mol. The molecule has 1 saturated heterocycles. The molecule has 1 aliphatic rings. The van der Waals surface area contributed by atoms with Gasteiger partial charge < -0.3 is 29.9 Å². The number of ether oxygens (including phenoxy) is 1.